The minimum absolute atomic E-state index is 0. The summed E-state index contributed by atoms with van der Waals surface area (Å²) in [7, 11) is 0. The van der Waals surface area contributed by atoms with Crippen LogP contribution in [0.2, 0.25) is 0 Å². The molecule has 0 fully saturated rings. The lowest BCUT2D eigenvalue weighted by Crippen LogP contribution is -1.84. The van der Waals surface area contributed by atoms with Gasteiger partial charge in [-0.15, -0.1) is 0 Å². The predicted octanol–water partition coefficient (Wildman–Crippen LogP) is 2.98. The van der Waals surface area contributed by atoms with E-state index in [1.165, 1.54) is 37.7 Å². The highest BCUT2D eigenvalue weighted by molar-refractivity contribution is 5.14. The van der Waals surface area contributed by atoms with E-state index in [2.05, 4.69) is 37.3 Å². The molecule has 0 radical (unpaired) electrons. The van der Waals surface area contributed by atoms with E-state index in [0.29, 0.717) is 0 Å². The molecule has 1 nitrogen and oxygen atoms in total. The van der Waals surface area contributed by atoms with Crippen LogP contribution in [-0.2, 0) is 6.42 Å². The van der Waals surface area contributed by atoms with Gasteiger partial charge in [-0.05, 0) is 18.4 Å². The van der Waals surface area contributed by atoms with Gasteiger partial charge in [0.1, 0.15) is 0 Å². The maximum Gasteiger partial charge on any atom is -0.0279 e. The quantitative estimate of drug-likeness (QED) is 0.624. The molecule has 0 aliphatic heterocycles. The molecule has 0 atom stereocenters. The number of rotatable bonds is 5. The lowest BCUT2D eigenvalue weighted by atomic mass is 10.1. The Morgan fingerprint density at radius 1 is 0.923 bits per heavy atom. The minimum Gasteiger partial charge on any atom is -0.412 e. The Balaban J connectivity index is 0.00000144. The fourth-order valence-corrected chi connectivity index (χ4v) is 1.40. The van der Waals surface area contributed by atoms with E-state index < -0.39 is 0 Å². The lowest BCUT2D eigenvalue weighted by Gasteiger charge is -1.99. The molecular weight excluding hydrogens is 160 g/mol. The largest absolute Gasteiger partial charge is 0.412 e. The average Bonchev–Trinajstić information content (AvgIpc) is 2.14. The maximum absolute atomic E-state index is 2.25. The fourth-order valence-electron chi connectivity index (χ4n) is 1.40. The SMILES string of the molecule is CCCCCCc1ccccc1.O. The molecule has 2 N–H and O–H groups in total. The Hall–Kier alpha value is -0.820. The zero-order valence-electron chi connectivity index (χ0n) is 8.42. The van der Waals surface area contributed by atoms with Crippen molar-refractivity contribution in [2.24, 2.45) is 0 Å². The van der Waals surface area contributed by atoms with Gasteiger partial charge in [-0.25, -0.2) is 0 Å². The van der Waals surface area contributed by atoms with Crippen molar-refractivity contribution in [3.05, 3.63) is 35.9 Å². The number of aryl methyl sites for hydroxylation is 1. The van der Waals surface area contributed by atoms with E-state index in [-0.39, 0.29) is 5.48 Å². The minimum atomic E-state index is 0. The molecule has 0 spiro atoms. The Morgan fingerprint density at radius 2 is 1.62 bits per heavy atom. The van der Waals surface area contributed by atoms with Crippen LogP contribution in [0.1, 0.15) is 38.2 Å². The normalized spacial score (nSPS) is 9.31. The number of benzene rings is 1. The third-order valence-corrected chi connectivity index (χ3v) is 2.16. The number of hydrogen-bond acceptors (Lipinski definition) is 0. The molecule has 0 heterocycles. The maximum atomic E-state index is 2.25. The summed E-state index contributed by atoms with van der Waals surface area (Å²) in [5.74, 6) is 0. The first-order valence-corrected chi connectivity index (χ1v) is 4.97. The van der Waals surface area contributed by atoms with Crippen LogP contribution in [0.3, 0.4) is 0 Å². The summed E-state index contributed by atoms with van der Waals surface area (Å²) in [6.07, 6.45) is 6.69. The molecule has 0 aliphatic rings. The van der Waals surface area contributed by atoms with Crippen molar-refractivity contribution in [2.75, 3.05) is 0 Å². The molecule has 1 rings (SSSR count). The van der Waals surface area contributed by atoms with Crippen molar-refractivity contribution in [1.29, 1.82) is 0 Å². The monoisotopic (exact) mass is 180 g/mol. The van der Waals surface area contributed by atoms with Crippen LogP contribution in [0.15, 0.2) is 30.3 Å². The highest BCUT2D eigenvalue weighted by atomic mass is 16.0. The van der Waals surface area contributed by atoms with E-state index in [1.54, 1.807) is 0 Å². The van der Waals surface area contributed by atoms with Crippen LogP contribution < -0.4 is 0 Å². The lowest BCUT2D eigenvalue weighted by molar-refractivity contribution is 0.667. The zero-order valence-corrected chi connectivity index (χ0v) is 8.42. The van der Waals surface area contributed by atoms with Crippen LogP contribution in [0, 0.1) is 0 Å². The van der Waals surface area contributed by atoms with E-state index in [1.807, 2.05) is 0 Å². The third-order valence-electron chi connectivity index (χ3n) is 2.16. The molecule has 0 amide bonds. The van der Waals surface area contributed by atoms with Crippen LogP contribution in [0.4, 0.5) is 0 Å². The van der Waals surface area contributed by atoms with Crippen molar-refractivity contribution in [2.45, 2.75) is 39.0 Å². The van der Waals surface area contributed by atoms with Crippen LogP contribution in [0.25, 0.3) is 0 Å². The highest BCUT2D eigenvalue weighted by Gasteiger charge is 1.90. The van der Waals surface area contributed by atoms with Gasteiger partial charge in [-0.3, -0.25) is 0 Å². The smallest absolute Gasteiger partial charge is 0.0279 e. The number of unbranched alkanes of at least 4 members (excludes halogenated alkanes) is 3. The summed E-state index contributed by atoms with van der Waals surface area (Å²) < 4.78 is 0. The number of hydrogen-bond donors (Lipinski definition) is 0. The topological polar surface area (TPSA) is 31.5 Å². The van der Waals surface area contributed by atoms with Gasteiger partial charge in [0.2, 0.25) is 0 Å². The molecule has 13 heavy (non-hydrogen) atoms. The van der Waals surface area contributed by atoms with Gasteiger partial charge >= 0.3 is 0 Å². The van der Waals surface area contributed by atoms with E-state index in [0.717, 1.165) is 0 Å². The molecule has 0 aromatic heterocycles. The van der Waals surface area contributed by atoms with E-state index in [9.17, 15) is 0 Å². The Morgan fingerprint density at radius 3 is 2.23 bits per heavy atom. The van der Waals surface area contributed by atoms with Crippen molar-refractivity contribution in [3.63, 3.8) is 0 Å². The van der Waals surface area contributed by atoms with Gasteiger partial charge in [0.05, 0.1) is 0 Å². The first kappa shape index (κ1) is 12.2. The molecule has 0 saturated carbocycles. The van der Waals surface area contributed by atoms with Crippen LogP contribution in [0.5, 0.6) is 0 Å². The van der Waals surface area contributed by atoms with Gasteiger partial charge in [0.15, 0.2) is 0 Å². The third kappa shape index (κ3) is 5.42. The van der Waals surface area contributed by atoms with Crippen LogP contribution >= 0.6 is 0 Å². The summed E-state index contributed by atoms with van der Waals surface area (Å²) >= 11 is 0. The first-order valence-electron chi connectivity index (χ1n) is 4.97. The van der Waals surface area contributed by atoms with Gasteiger partial charge in [0.25, 0.3) is 0 Å². The van der Waals surface area contributed by atoms with E-state index in [4.69, 9.17) is 0 Å². The van der Waals surface area contributed by atoms with Crippen molar-refractivity contribution in [3.8, 4) is 0 Å². The van der Waals surface area contributed by atoms with Crippen molar-refractivity contribution >= 4 is 0 Å². The summed E-state index contributed by atoms with van der Waals surface area (Å²) in [5.41, 5.74) is 1.48. The summed E-state index contributed by atoms with van der Waals surface area (Å²) in [6.45, 7) is 2.25. The van der Waals surface area contributed by atoms with Gasteiger partial charge in [-0.2, -0.15) is 0 Å². The molecular formula is C12H20O. The van der Waals surface area contributed by atoms with Gasteiger partial charge in [-0.1, -0.05) is 56.5 Å². The molecule has 74 valence electrons. The molecule has 0 bridgehead atoms. The zero-order chi connectivity index (χ0) is 8.65. The standard InChI is InChI=1S/C12H18.H2O/c1-2-3-4-6-9-12-10-7-5-8-11-12;/h5,7-8,10-11H,2-4,6,9H2,1H3;1H2. The molecule has 0 unspecified atom stereocenters. The van der Waals surface area contributed by atoms with Gasteiger partial charge in [0, 0.05) is 0 Å². The molecule has 1 aromatic rings. The second-order valence-corrected chi connectivity index (χ2v) is 3.30. The Labute approximate surface area is 81.1 Å². The molecule has 1 aromatic carbocycles. The predicted molar refractivity (Wildman–Crippen MR) is 57.9 cm³/mol. The highest BCUT2D eigenvalue weighted by Crippen LogP contribution is 2.06. The van der Waals surface area contributed by atoms with Crippen LogP contribution in [-0.4, -0.2) is 5.48 Å². The Bertz CT molecular complexity index is 194. The molecule has 1 heteroatoms. The van der Waals surface area contributed by atoms with Gasteiger partial charge < -0.3 is 5.48 Å². The molecule has 0 aliphatic carbocycles. The fraction of sp³-hybridized carbons (Fsp3) is 0.500. The second kappa shape index (κ2) is 7.81. The van der Waals surface area contributed by atoms with Crippen molar-refractivity contribution < 1.29 is 5.48 Å². The average molecular weight is 180 g/mol. The summed E-state index contributed by atoms with van der Waals surface area (Å²) in [4.78, 5) is 0. The van der Waals surface area contributed by atoms with Crippen molar-refractivity contribution in [1.82, 2.24) is 0 Å². The first-order chi connectivity index (χ1) is 5.93. The summed E-state index contributed by atoms with van der Waals surface area (Å²) in [6, 6.07) is 10.7. The Kier molecular flexibility index (Phi) is 7.32. The second-order valence-electron chi connectivity index (χ2n) is 3.30. The summed E-state index contributed by atoms with van der Waals surface area (Å²) in [5, 5.41) is 0. The molecule has 0 saturated heterocycles. The van der Waals surface area contributed by atoms with E-state index >= 15 is 0 Å².